The van der Waals surface area contributed by atoms with Crippen molar-refractivity contribution in [2.45, 2.75) is 13.8 Å². The van der Waals surface area contributed by atoms with Crippen LogP contribution in [0.15, 0.2) is 273 Å². The van der Waals surface area contributed by atoms with Crippen LogP contribution >= 0.6 is 0 Å². The van der Waals surface area contributed by atoms with Gasteiger partial charge in [-0.05, 0) is 174 Å². The number of fused-ring (bicyclic) bond motifs is 9. The normalized spacial score (nSPS) is 11.6. The van der Waals surface area contributed by atoms with Crippen LogP contribution < -0.4 is 0 Å². The van der Waals surface area contributed by atoms with Gasteiger partial charge >= 0.3 is 0 Å². The van der Waals surface area contributed by atoms with E-state index < -0.39 is 0 Å². The molecule has 0 aliphatic heterocycles. The lowest BCUT2D eigenvalue weighted by Gasteiger charge is -2.19. The molecule has 5 nitrogen and oxygen atoms in total. The van der Waals surface area contributed by atoms with E-state index in [1.165, 1.54) is 60.0 Å². The highest BCUT2D eigenvalue weighted by Gasteiger charge is 2.24. The molecular weight excluding hydrogens is 983 g/mol. The maximum Gasteiger partial charge on any atom is 0.164 e. The first kappa shape index (κ1) is 47.6. The molecule has 380 valence electrons. The van der Waals surface area contributed by atoms with Gasteiger partial charge in [-0.15, -0.1) is 0 Å². The van der Waals surface area contributed by atoms with Crippen LogP contribution in [-0.4, -0.2) is 24.5 Å². The molecule has 0 N–H and O–H groups in total. The Hall–Kier alpha value is -10.6. The highest BCUT2D eigenvalue weighted by molar-refractivity contribution is 6.30. The smallest absolute Gasteiger partial charge is 0.164 e. The molecule has 0 aliphatic rings. The van der Waals surface area contributed by atoms with E-state index in [9.17, 15) is 0 Å². The zero-order valence-corrected chi connectivity index (χ0v) is 44.7. The summed E-state index contributed by atoms with van der Waals surface area (Å²) in [5, 5.41) is 9.79. The number of rotatable bonds is 9. The first-order chi connectivity index (χ1) is 40.0. The number of benzene rings is 12. The molecule has 0 saturated carbocycles. The minimum absolute atomic E-state index is 0.569. The molecular formula is C76H51N5. The van der Waals surface area contributed by atoms with Crippen LogP contribution in [0.5, 0.6) is 0 Å². The van der Waals surface area contributed by atoms with Crippen LogP contribution in [0.3, 0.4) is 0 Å². The number of aromatic nitrogens is 5. The Morgan fingerprint density at radius 1 is 0.272 bits per heavy atom. The monoisotopic (exact) mass is 1030 g/mol. The molecule has 0 amide bonds. The molecule has 3 aromatic heterocycles. The van der Waals surface area contributed by atoms with E-state index in [2.05, 4.69) is 279 Å². The lowest BCUT2D eigenvalue weighted by molar-refractivity contribution is 1.07. The molecule has 0 radical (unpaired) electrons. The summed E-state index contributed by atoms with van der Waals surface area (Å²) in [6.45, 7) is 4.51. The van der Waals surface area contributed by atoms with Gasteiger partial charge in [0.2, 0.25) is 0 Å². The highest BCUT2D eigenvalue weighted by atomic mass is 15.0. The Balaban J connectivity index is 0.963. The van der Waals surface area contributed by atoms with E-state index in [4.69, 9.17) is 19.9 Å². The summed E-state index contributed by atoms with van der Waals surface area (Å²) in [4.78, 5) is 21.3. The maximum atomic E-state index is 5.49. The van der Waals surface area contributed by atoms with Gasteiger partial charge in [0, 0.05) is 45.5 Å². The summed E-state index contributed by atoms with van der Waals surface area (Å²) < 4.78 is 2.39. The van der Waals surface area contributed by atoms with Crippen LogP contribution in [0.25, 0.3) is 150 Å². The average Bonchev–Trinajstić information content (AvgIpc) is 3.35. The van der Waals surface area contributed by atoms with Gasteiger partial charge in [-0.3, -0.25) is 4.98 Å². The number of hydrogen-bond donors (Lipinski definition) is 0. The van der Waals surface area contributed by atoms with Crippen LogP contribution in [0.1, 0.15) is 11.1 Å². The van der Waals surface area contributed by atoms with Gasteiger partial charge in [-0.2, -0.15) is 0 Å². The van der Waals surface area contributed by atoms with Gasteiger partial charge in [0.1, 0.15) is 0 Å². The van der Waals surface area contributed by atoms with Crippen molar-refractivity contribution in [1.82, 2.24) is 24.5 Å². The second-order valence-electron chi connectivity index (χ2n) is 21.1. The molecule has 0 fully saturated rings. The molecule has 0 spiro atoms. The minimum atomic E-state index is 0.569. The number of nitrogens with zero attached hydrogens (tertiary/aromatic N) is 5. The van der Waals surface area contributed by atoms with Crippen molar-refractivity contribution in [1.29, 1.82) is 0 Å². The average molecular weight is 1030 g/mol. The third kappa shape index (κ3) is 8.34. The molecule has 5 heteroatoms. The summed E-state index contributed by atoms with van der Waals surface area (Å²) in [6.07, 6.45) is 3.95. The molecule has 0 unspecified atom stereocenters. The summed E-state index contributed by atoms with van der Waals surface area (Å²) in [6, 6.07) is 93.3. The molecule has 12 aromatic carbocycles. The Morgan fingerprint density at radius 3 is 1.17 bits per heavy atom. The Labute approximate surface area is 469 Å². The molecule has 0 bridgehead atoms. The third-order valence-electron chi connectivity index (χ3n) is 16.1. The zero-order valence-electron chi connectivity index (χ0n) is 44.7. The minimum Gasteiger partial charge on any atom is -0.309 e. The Kier molecular flexibility index (Phi) is 11.6. The van der Waals surface area contributed by atoms with Crippen molar-refractivity contribution in [3.05, 3.63) is 284 Å². The van der Waals surface area contributed by atoms with E-state index in [1.54, 1.807) is 0 Å². The van der Waals surface area contributed by atoms with Gasteiger partial charge in [-0.25, -0.2) is 15.0 Å². The summed E-state index contributed by atoms with van der Waals surface area (Å²) in [5.41, 5.74) is 19.4. The van der Waals surface area contributed by atoms with E-state index in [0.29, 0.717) is 17.5 Å². The van der Waals surface area contributed by atoms with Crippen molar-refractivity contribution < 1.29 is 0 Å². The van der Waals surface area contributed by atoms with Gasteiger partial charge < -0.3 is 4.57 Å². The van der Waals surface area contributed by atoms with Crippen molar-refractivity contribution in [3.8, 4) is 95.5 Å². The molecule has 0 atom stereocenters. The number of hydrogen-bond acceptors (Lipinski definition) is 4. The van der Waals surface area contributed by atoms with Crippen molar-refractivity contribution >= 4 is 54.1 Å². The summed E-state index contributed by atoms with van der Waals surface area (Å²) in [5.74, 6) is 1.73. The topological polar surface area (TPSA) is 56.5 Å². The highest BCUT2D eigenvalue weighted by Crippen LogP contribution is 2.47. The lowest BCUT2D eigenvalue weighted by Crippen LogP contribution is -2.02. The number of aryl methyl sites for hydroxylation is 2. The largest absolute Gasteiger partial charge is 0.309 e. The molecule has 15 aromatic rings. The lowest BCUT2D eigenvalue weighted by atomic mass is 9.84. The Morgan fingerprint density at radius 2 is 0.667 bits per heavy atom. The second-order valence-corrected chi connectivity index (χ2v) is 21.1. The molecule has 15 rings (SSSR count). The van der Waals surface area contributed by atoms with Gasteiger partial charge in [-0.1, -0.05) is 200 Å². The first-order valence-electron chi connectivity index (χ1n) is 27.6. The molecule has 3 heterocycles. The van der Waals surface area contributed by atoms with Crippen molar-refractivity contribution in [2.75, 3.05) is 0 Å². The fourth-order valence-corrected chi connectivity index (χ4v) is 12.3. The fourth-order valence-electron chi connectivity index (χ4n) is 12.3. The second kappa shape index (κ2) is 19.7. The van der Waals surface area contributed by atoms with Gasteiger partial charge in [0.25, 0.3) is 0 Å². The van der Waals surface area contributed by atoms with Crippen LogP contribution in [0, 0.1) is 13.8 Å². The number of pyridine rings is 1. The standard InChI is InChI=1S/C76H51N5/c1-48-34-36-66-64-32-16-15-30-62(64)63-31-17-18-33-65(63)72(66)70(48)71-49(2)35-37-69-73(71)67-47-77-39-38-68(67)81(69)61-29-19-28-54(46-61)74-78-75(59-42-55(50-20-7-3-8-21-50)40-56(43-59)51-22-9-4-10-23-51)80-76(79-74)60-44-57(52-24-11-5-12-25-52)41-58(45-60)53-26-13-6-14-27-53/h3-47H,1-2H3. The molecule has 81 heavy (non-hydrogen) atoms. The Bertz CT molecular complexity index is 4640. The summed E-state index contributed by atoms with van der Waals surface area (Å²) in [7, 11) is 0. The first-order valence-corrected chi connectivity index (χ1v) is 27.6. The predicted octanol–water partition coefficient (Wildman–Crippen LogP) is 19.8. The van der Waals surface area contributed by atoms with Crippen LogP contribution in [0.4, 0.5) is 0 Å². The summed E-state index contributed by atoms with van der Waals surface area (Å²) >= 11 is 0. The van der Waals surface area contributed by atoms with Crippen LogP contribution in [0.2, 0.25) is 0 Å². The molecule has 0 aliphatic carbocycles. The van der Waals surface area contributed by atoms with Crippen LogP contribution in [-0.2, 0) is 0 Å². The van der Waals surface area contributed by atoms with E-state index in [0.717, 1.165) is 83.3 Å². The van der Waals surface area contributed by atoms with E-state index in [1.807, 2.05) is 12.4 Å². The maximum absolute atomic E-state index is 5.49. The fraction of sp³-hybridized carbons (Fsp3) is 0.0263. The molecule has 0 saturated heterocycles. The van der Waals surface area contributed by atoms with Crippen molar-refractivity contribution in [3.63, 3.8) is 0 Å². The quantitative estimate of drug-likeness (QED) is 0.135. The van der Waals surface area contributed by atoms with E-state index >= 15 is 0 Å². The SMILES string of the molecule is Cc1ccc2c3ccccc3c3ccccc3c2c1-c1c(C)ccc2c1c1cnccc1n2-c1cccc(-c2nc(-c3cc(-c4ccccc4)cc(-c4ccccc4)c3)nc(-c3cc(-c4ccccc4)cc(-c4ccccc4)c3)n2)c1. The van der Waals surface area contributed by atoms with Gasteiger partial charge in [0.05, 0.1) is 11.0 Å². The predicted molar refractivity (Wildman–Crippen MR) is 337 cm³/mol. The zero-order chi connectivity index (χ0) is 54.0. The van der Waals surface area contributed by atoms with Crippen molar-refractivity contribution in [2.24, 2.45) is 0 Å². The van der Waals surface area contributed by atoms with Gasteiger partial charge in [0.15, 0.2) is 17.5 Å². The third-order valence-corrected chi connectivity index (χ3v) is 16.1. The van der Waals surface area contributed by atoms with E-state index in [-0.39, 0.29) is 0 Å².